The first-order valence-corrected chi connectivity index (χ1v) is 16.0. The van der Waals surface area contributed by atoms with E-state index in [9.17, 15) is 0 Å². The molecule has 0 saturated heterocycles. The molecule has 0 saturated carbocycles. The van der Waals surface area contributed by atoms with Crippen molar-refractivity contribution in [1.29, 1.82) is 0 Å². The zero-order chi connectivity index (χ0) is 31.3. The summed E-state index contributed by atoms with van der Waals surface area (Å²) in [6.45, 7) is 6.28. The number of fused-ring (bicyclic) bond motifs is 12. The third-order valence-electron chi connectivity index (χ3n) is 8.14. The average molecular weight is 632 g/mol. The van der Waals surface area contributed by atoms with E-state index in [2.05, 4.69) is 116 Å². The van der Waals surface area contributed by atoms with E-state index in [1.54, 1.807) is 0 Å². The predicted molar refractivity (Wildman–Crippen MR) is 179 cm³/mol. The molecule has 0 N–H and O–H groups in total. The number of nitrogens with zero attached hydrogens (tertiary/aromatic N) is 4. The zero-order valence-electron chi connectivity index (χ0n) is 25.4. The molecule has 8 rings (SSSR count). The molecule has 0 aliphatic heterocycles. The summed E-state index contributed by atoms with van der Waals surface area (Å²) < 4.78 is 16.8. The van der Waals surface area contributed by atoms with Crippen LogP contribution in [0, 0.1) is 13.8 Å². The van der Waals surface area contributed by atoms with Gasteiger partial charge in [0.05, 0.1) is 39.1 Å². The SMILES string of the molecule is CCCCc1nc2c3ccccc3c3ccccc3c2nc1C.Cc1cnc2c3ccccc3c3ccccc3c2n1.[O]=[Mn]=[O]. The standard InChI is InChI=1S/C21H20N2.C17H12N2.Mn.2O/c1-3-4-13-19-14(2)22-20-17-11-7-5-9-15(17)16-10-6-8-12-18(16)21(20)23-19;1-11-10-18-16-14-8-4-2-6-12(14)13-7-3-5-9-15(13)17(16)19-11;;;/h5-12H,3-4,13H2,1-2H3;2-10H,1H3;;;. The molecule has 2 heterocycles. The van der Waals surface area contributed by atoms with Crippen LogP contribution in [0.3, 0.4) is 0 Å². The maximum absolute atomic E-state index is 8.41. The third kappa shape index (κ3) is 5.85. The molecule has 0 amide bonds. The molecule has 2 aromatic heterocycles. The molecular weight excluding hydrogens is 599 g/mol. The first-order valence-electron chi connectivity index (χ1n) is 15.0. The molecule has 0 unspecified atom stereocenters. The Bertz CT molecular complexity index is 2350. The van der Waals surface area contributed by atoms with E-state index >= 15 is 0 Å². The Balaban J connectivity index is 0.000000148. The third-order valence-corrected chi connectivity index (χ3v) is 8.14. The van der Waals surface area contributed by atoms with Gasteiger partial charge in [-0.25, -0.2) is 15.0 Å². The fourth-order valence-corrected chi connectivity index (χ4v) is 6.07. The molecule has 0 radical (unpaired) electrons. The van der Waals surface area contributed by atoms with Crippen molar-refractivity contribution in [3.05, 3.63) is 120 Å². The quantitative estimate of drug-likeness (QED) is 0.143. The second-order valence-corrected chi connectivity index (χ2v) is 11.2. The number of aromatic nitrogens is 4. The van der Waals surface area contributed by atoms with Crippen LogP contribution >= 0.6 is 0 Å². The Kier molecular flexibility index (Phi) is 9.01. The molecule has 6 nitrogen and oxygen atoms in total. The topological polar surface area (TPSA) is 85.7 Å². The Morgan fingerprint density at radius 1 is 0.533 bits per heavy atom. The number of aryl methyl sites for hydroxylation is 3. The molecule has 7 heteroatoms. The molecule has 45 heavy (non-hydrogen) atoms. The molecule has 6 aromatic carbocycles. The monoisotopic (exact) mass is 631 g/mol. The molecular formula is C38H32MnN4O2. The van der Waals surface area contributed by atoms with Gasteiger partial charge in [0.1, 0.15) is 0 Å². The minimum absolute atomic E-state index is 0.952. The van der Waals surface area contributed by atoms with Gasteiger partial charge >= 0.3 is 22.5 Å². The van der Waals surface area contributed by atoms with Gasteiger partial charge in [0.15, 0.2) is 0 Å². The first kappa shape index (κ1) is 30.2. The predicted octanol–water partition coefficient (Wildman–Crippen LogP) is 9.59. The summed E-state index contributed by atoms with van der Waals surface area (Å²) in [5.41, 5.74) is 7.20. The van der Waals surface area contributed by atoms with Gasteiger partial charge < -0.3 is 0 Å². The van der Waals surface area contributed by atoms with Gasteiger partial charge in [-0.05, 0) is 48.2 Å². The molecule has 8 aromatic rings. The van der Waals surface area contributed by atoms with Gasteiger partial charge in [-0.15, -0.1) is 0 Å². The number of rotatable bonds is 3. The number of hydrogen-bond acceptors (Lipinski definition) is 6. The Labute approximate surface area is 267 Å². The summed E-state index contributed by atoms with van der Waals surface area (Å²) in [6.07, 6.45) is 5.18. The summed E-state index contributed by atoms with van der Waals surface area (Å²) in [5, 5.41) is 9.73. The van der Waals surface area contributed by atoms with Crippen LogP contribution in [0.25, 0.3) is 65.2 Å². The molecule has 0 fully saturated rings. The number of unbranched alkanes of at least 4 members (excludes halogenated alkanes) is 1. The second-order valence-electron chi connectivity index (χ2n) is 11.0. The van der Waals surface area contributed by atoms with Gasteiger partial charge in [-0.1, -0.05) is 110 Å². The van der Waals surface area contributed by atoms with Gasteiger partial charge in [0.25, 0.3) is 0 Å². The van der Waals surface area contributed by atoms with Crippen molar-refractivity contribution < 1.29 is 22.5 Å². The van der Waals surface area contributed by atoms with E-state index < -0.39 is 14.8 Å². The van der Waals surface area contributed by atoms with Crippen molar-refractivity contribution in [3.8, 4) is 0 Å². The van der Waals surface area contributed by atoms with Crippen LogP contribution < -0.4 is 0 Å². The second kappa shape index (κ2) is 13.4. The maximum atomic E-state index is 8.41. The van der Waals surface area contributed by atoms with Crippen molar-refractivity contribution in [3.63, 3.8) is 0 Å². The van der Waals surface area contributed by atoms with Crippen LogP contribution in [0.4, 0.5) is 0 Å². The van der Waals surface area contributed by atoms with Gasteiger partial charge in [-0.3, -0.25) is 4.98 Å². The van der Waals surface area contributed by atoms with E-state index in [1.807, 2.05) is 13.1 Å². The van der Waals surface area contributed by atoms with Crippen LogP contribution in [-0.4, -0.2) is 19.9 Å². The van der Waals surface area contributed by atoms with Crippen LogP contribution in [0.15, 0.2) is 103 Å². The van der Waals surface area contributed by atoms with Gasteiger partial charge in [0.2, 0.25) is 0 Å². The molecule has 0 spiro atoms. The molecule has 223 valence electrons. The molecule has 0 bridgehead atoms. The van der Waals surface area contributed by atoms with Crippen molar-refractivity contribution in [2.45, 2.75) is 40.0 Å². The van der Waals surface area contributed by atoms with Crippen LogP contribution in [0.1, 0.15) is 36.8 Å². The van der Waals surface area contributed by atoms with E-state index in [0.717, 1.165) is 52.0 Å². The van der Waals surface area contributed by atoms with Crippen LogP contribution in [-0.2, 0) is 28.9 Å². The molecule has 0 aliphatic carbocycles. The summed E-state index contributed by atoms with van der Waals surface area (Å²) >= 11 is -1.44. The van der Waals surface area contributed by atoms with Crippen LogP contribution in [0.5, 0.6) is 0 Å². The summed E-state index contributed by atoms with van der Waals surface area (Å²) in [5.74, 6) is 0. The number of benzene rings is 6. The fraction of sp³-hybridized carbons (Fsp3) is 0.158. The van der Waals surface area contributed by atoms with Crippen molar-refractivity contribution in [2.24, 2.45) is 0 Å². The number of hydrogen-bond donors (Lipinski definition) is 0. The minimum atomic E-state index is -1.44. The fourth-order valence-electron chi connectivity index (χ4n) is 6.07. The zero-order valence-corrected chi connectivity index (χ0v) is 26.6. The van der Waals surface area contributed by atoms with Crippen molar-refractivity contribution in [1.82, 2.24) is 19.9 Å². The van der Waals surface area contributed by atoms with E-state index in [0.29, 0.717) is 0 Å². The van der Waals surface area contributed by atoms with Gasteiger partial charge in [0, 0.05) is 27.7 Å². The van der Waals surface area contributed by atoms with Crippen LogP contribution in [0.2, 0.25) is 0 Å². The molecule has 0 atom stereocenters. The summed E-state index contributed by atoms with van der Waals surface area (Å²) in [4.78, 5) is 19.3. The van der Waals surface area contributed by atoms with E-state index in [-0.39, 0.29) is 0 Å². The summed E-state index contributed by atoms with van der Waals surface area (Å²) in [6, 6.07) is 33.8. The normalized spacial score (nSPS) is 11.0. The van der Waals surface area contributed by atoms with E-state index in [4.69, 9.17) is 22.6 Å². The van der Waals surface area contributed by atoms with Gasteiger partial charge in [-0.2, -0.15) is 0 Å². The average Bonchev–Trinajstić information content (AvgIpc) is 3.08. The van der Waals surface area contributed by atoms with Crippen molar-refractivity contribution >= 4 is 65.2 Å². The Morgan fingerprint density at radius 3 is 1.36 bits per heavy atom. The Morgan fingerprint density at radius 2 is 0.911 bits per heavy atom. The summed E-state index contributed by atoms with van der Waals surface area (Å²) in [7, 11) is 0. The first-order chi connectivity index (χ1) is 22.0. The Hall–Kier alpha value is -4.84. The van der Waals surface area contributed by atoms with E-state index in [1.165, 1.54) is 49.5 Å². The molecule has 0 aliphatic rings. The van der Waals surface area contributed by atoms with Crippen molar-refractivity contribution in [2.75, 3.05) is 0 Å².